The van der Waals surface area contributed by atoms with Gasteiger partial charge in [0.25, 0.3) is 0 Å². The third kappa shape index (κ3) is 9.74. The van der Waals surface area contributed by atoms with Gasteiger partial charge in [0.15, 0.2) is 5.96 Å². The van der Waals surface area contributed by atoms with Crippen LogP contribution in [-0.4, -0.2) is 37.2 Å². The molecule has 0 saturated heterocycles. The molecule has 0 spiro atoms. The van der Waals surface area contributed by atoms with Crippen LogP contribution < -0.4 is 11.1 Å². The summed E-state index contributed by atoms with van der Waals surface area (Å²) in [4.78, 5) is 8.40. The SMILES string of the molecule is C=CCCOCCN=C(N)NCCc1ccccn1.I. The molecule has 6 heteroatoms. The van der Waals surface area contributed by atoms with E-state index in [0.717, 1.165) is 25.1 Å². The number of nitrogens with zero attached hydrogens (tertiary/aromatic N) is 2. The number of nitrogens with two attached hydrogens (primary N) is 1. The molecule has 0 unspecified atom stereocenters. The zero-order valence-corrected chi connectivity index (χ0v) is 14.0. The third-order valence-corrected chi connectivity index (χ3v) is 2.40. The van der Waals surface area contributed by atoms with Crippen molar-refractivity contribution in [2.45, 2.75) is 12.8 Å². The highest BCUT2D eigenvalue weighted by Crippen LogP contribution is 1.92. The summed E-state index contributed by atoms with van der Waals surface area (Å²) in [7, 11) is 0. The Morgan fingerprint density at radius 2 is 2.30 bits per heavy atom. The smallest absolute Gasteiger partial charge is 0.188 e. The summed E-state index contributed by atoms with van der Waals surface area (Å²) in [6, 6.07) is 5.86. The predicted octanol–water partition coefficient (Wildman–Crippen LogP) is 1.74. The number of hydrogen-bond acceptors (Lipinski definition) is 3. The van der Waals surface area contributed by atoms with Crippen molar-refractivity contribution in [3.63, 3.8) is 0 Å². The topological polar surface area (TPSA) is 72.5 Å². The van der Waals surface area contributed by atoms with Gasteiger partial charge >= 0.3 is 0 Å². The maximum absolute atomic E-state index is 5.73. The number of rotatable bonds is 9. The predicted molar refractivity (Wildman–Crippen MR) is 93.5 cm³/mol. The summed E-state index contributed by atoms with van der Waals surface area (Å²) in [6.07, 6.45) is 5.30. The van der Waals surface area contributed by atoms with Gasteiger partial charge in [-0.05, 0) is 18.6 Å². The van der Waals surface area contributed by atoms with E-state index in [4.69, 9.17) is 10.5 Å². The van der Waals surface area contributed by atoms with Crippen molar-refractivity contribution >= 4 is 29.9 Å². The highest BCUT2D eigenvalue weighted by atomic mass is 127. The van der Waals surface area contributed by atoms with Crippen LogP contribution in [0.4, 0.5) is 0 Å². The second kappa shape index (κ2) is 12.9. The lowest BCUT2D eigenvalue weighted by Crippen LogP contribution is -2.33. The minimum absolute atomic E-state index is 0. The first-order chi connectivity index (χ1) is 9.33. The maximum Gasteiger partial charge on any atom is 0.188 e. The van der Waals surface area contributed by atoms with Gasteiger partial charge < -0.3 is 15.8 Å². The zero-order chi connectivity index (χ0) is 13.8. The number of ether oxygens (including phenoxy) is 1. The van der Waals surface area contributed by atoms with Crippen molar-refractivity contribution in [2.24, 2.45) is 10.7 Å². The molecule has 0 aliphatic rings. The van der Waals surface area contributed by atoms with Gasteiger partial charge in [0.05, 0.1) is 19.8 Å². The van der Waals surface area contributed by atoms with Gasteiger partial charge in [-0.3, -0.25) is 9.98 Å². The Labute approximate surface area is 137 Å². The second-order valence-corrected chi connectivity index (χ2v) is 3.95. The molecule has 1 rings (SSSR count). The van der Waals surface area contributed by atoms with Gasteiger partial charge in [-0.2, -0.15) is 0 Å². The van der Waals surface area contributed by atoms with Gasteiger partial charge in [-0.15, -0.1) is 30.6 Å². The number of aromatic nitrogens is 1. The molecular weight excluding hydrogens is 367 g/mol. The van der Waals surface area contributed by atoms with E-state index < -0.39 is 0 Å². The molecule has 1 aromatic heterocycles. The fourth-order valence-corrected chi connectivity index (χ4v) is 1.42. The average molecular weight is 390 g/mol. The molecule has 1 aromatic rings. The Kier molecular flexibility index (Phi) is 12.1. The van der Waals surface area contributed by atoms with Crippen LogP contribution >= 0.6 is 24.0 Å². The van der Waals surface area contributed by atoms with E-state index in [1.165, 1.54) is 0 Å². The molecule has 0 amide bonds. The molecule has 0 aromatic carbocycles. The van der Waals surface area contributed by atoms with Crippen LogP contribution in [0.1, 0.15) is 12.1 Å². The molecule has 0 radical (unpaired) electrons. The fraction of sp³-hybridized carbons (Fsp3) is 0.429. The van der Waals surface area contributed by atoms with E-state index in [1.807, 2.05) is 24.3 Å². The van der Waals surface area contributed by atoms with E-state index in [1.54, 1.807) is 6.20 Å². The molecule has 5 nitrogen and oxygen atoms in total. The molecule has 20 heavy (non-hydrogen) atoms. The monoisotopic (exact) mass is 390 g/mol. The molecule has 0 saturated carbocycles. The van der Waals surface area contributed by atoms with E-state index in [9.17, 15) is 0 Å². The first-order valence-corrected chi connectivity index (χ1v) is 6.45. The lowest BCUT2D eigenvalue weighted by molar-refractivity contribution is 0.146. The third-order valence-electron chi connectivity index (χ3n) is 2.40. The Bertz CT molecular complexity index is 384. The molecule has 0 aliphatic carbocycles. The van der Waals surface area contributed by atoms with E-state index in [0.29, 0.717) is 25.7 Å². The molecule has 112 valence electrons. The number of nitrogens with one attached hydrogen (secondary N) is 1. The standard InChI is InChI=1S/C14H22N4O.HI/c1-2-3-11-19-12-10-18-14(15)17-9-7-13-6-4-5-8-16-13;/h2,4-6,8H,1,3,7,9-12H2,(H3,15,17,18);1H. The Hall–Kier alpha value is -1.15. The lowest BCUT2D eigenvalue weighted by Gasteiger charge is -2.05. The van der Waals surface area contributed by atoms with Crippen LogP contribution in [0.3, 0.4) is 0 Å². The van der Waals surface area contributed by atoms with Crippen LogP contribution in [0.25, 0.3) is 0 Å². The van der Waals surface area contributed by atoms with Gasteiger partial charge in [-0.25, -0.2) is 0 Å². The van der Waals surface area contributed by atoms with Gasteiger partial charge in [0.2, 0.25) is 0 Å². The zero-order valence-electron chi connectivity index (χ0n) is 11.6. The molecule has 0 atom stereocenters. The van der Waals surface area contributed by atoms with Crippen molar-refractivity contribution in [3.05, 3.63) is 42.7 Å². The highest BCUT2D eigenvalue weighted by Gasteiger charge is 1.94. The summed E-state index contributed by atoms with van der Waals surface area (Å²) in [6.45, 7) is 6.18. The molecule has 0 fully saturated rings. The van der Waals surface area contributed by atoms with E-state index in [-0.39, 0.29) is 24.0 Å². The van der Waals surface area contributed by atoms with Crippen molar-refractivity contribution < 1.29 is 4.74 Å². The van der Waals surface area contributed by atoms with Gasteiger partial charge in [-0.1, -0.05) is 12.1 Å². The summed E-state index contributed by atoms with van der Waals surface area (Å²) in [5.41, 5.74) is 6.76. The summed E-state index contributed by atoms with van der Waals surface area (Å²) in [5, 5.41) is 3.05. The molecule has 0 aliphatic heterocycles. The summed E-state index contributed by atoms with van der Waals surface area (Å²) in [5.74, 6) is 0.447. The number of aliphatic imine (C=N–C) groups is 1. The maximum atomic E-state index is 5.73. The lowest BCUT2D eigenvalue weighted by atomic mass is 10.3. The summed E-state index contributed by atoms with van der Waals surface area (Å²) < 4.78 is 5.33. The van der Waals surface area contributed by atoms with Gasteiger partial charge in [0.1, 0.15) is 0 Å². The van der Waals surface area contributed by atoms with Crippen molar-refractivity contribution in [3.8, 4) is 0 Å². The van der Waals surface area contributed by atoms with Crippen LogP contribution in [0, 0.1) is 0 Å². The average Bonchev–Trinajstić information content (AvgIpc) is 2.44. The molecular formula is C14H23IN4O. The van der Waals surface area contributed by atoms with Crippen LogP contribution in [-0.2, 0) is 11.2 Å². The van der Waals surface area contributed by atoms with E-state index in [2.05, 4.69) is 21.9 Å². The second-order valence-electron chi connectivity index (χ2n) is 3.95. The normalized spacial score (nSPS) is 10.7. The minimum atomic E-state index is 0. The number of hydrogen-bond donors (Lipinski definition) is 2. The number of pyridine rings is 1. The Balaban J connectivity index is 0.00000361. The molecule has 1 heterocycles. The highest BCUT2D eigenvalue weighted by molar-refractivity contribution is 14.0. The number of guanidine groups is 1. The Morgan fingerprint density at radius 1 is 1.45 bits per heavy atom. The van der Waals surface area contributed by atoms with Crippen LogP contribution in [0.5, 0.6) is 0 Å². The van der Waals surface area contributed by atoms with Crippen molar-refractivity contribution in [1.82, 2.24) is 10.3 Å². The Morgan fingerprint density at radius 3 is 3.00 bits per heavy atom. The van der Waals surface area contributed by atoms with Crippen molar-refractivity contribution in [1.29, 1.82) is 0 Å². The summed E-state index contributed by atoms with van der Waals surface area (Å²) >= 11 is 0. The molecule has 0 bridgehead atoms. The number of halogens is 1. The molecule has 3 N–H and O–H groups in total. The quantitative estimate of drug-likeness (QED) is 0.222. The van der Waals surface area contributed by atoms with Crippen LogP contribution in [0.2, 0.25) is 0 Å². The first kappa shape index (κ1) is 18.9. The largest absolute Gasteiger partial charge is 0.379 e. The van der Waals surface area contributed by atoms with Crippen molar-refractivity contribution in [2.75, 3.05) is 26.3 Å². The van der Waals surface area contributed by atoms with Crippen LogP contribution in [0.15, 0.2) is 42.0 Å². The van der Waals surface area contributed by atoms with E-state index >= 15 is 0 Å². The minimum Gasteiger partial charge on any atom is -0.379 e. The fourth-order valence-electron chi connectivity index (χ4n) is 1.42. The first-order valence-electron chi connectivity index (χ1n) is 6.45. The van der Waals surface area contributed by atoms with Gasteiger partial charge in [0, 0.05) is 24.9 Å².